The van der Waals surface area contributed by atoms with Crippen LogP contribution in [0, 0.1) is 5.92 Å². The molecule has 0 amide bonds. The lowest BCUT2D eigenvalue weighted by Gasteiger charge is -2.28. The zero-order chi connectivity index (χ0) is 14.9. The monoisotopic (exact) mass is 285 g/mol. The summed E-state index contributed by atoms with van der Waals surface area (Å²) in [6, 6.07) is 4.57. The lowest BCUT2D eigenvalue weighted by molar-refractivity contribution is 0.301. The van der Waals surface area contributed by atoms with E-state index in [4.69, 9.17) is 4.98 Å². The van der Waals surface area contributed by atoms with E-state index in [2.05, 4.69) is 44.3 Å². The molecule has 0 aliphatic heterocycles. The predicted octanol–water partition coefficient (Wildman–Crippen LogP) is 6.05. The minimum Gasteiger partial charge on any atom is -0.261 e. The van der Waals surface area contributed by atoms with Crippen LogP contribution in [-0.2, 0) is 6.42 Å². The Morgan fingerprint density at radius 1 is 1.19 bits per heavy atom. The van der Waals surface area contributed by atoms with Gasteiger partial charge in [0.2, 0.25) is 0 Å². The summed E-state index contributed by atoms with van der Waals surface area (Å²) in [4.78, 5) is 4.74. The summed E-state index contributed by atoms with van der Waals surface area (Å²) in [7, 11) is 0. The number of pyridine rings is 1. The first kappa shape index (κ1) is 16.3. The topological polar surface area (TPSA) is 12.9 Å². The third kappa shape index (κ3) is 5.30. The second kappa shape index (κ2) is 9.02. The highest BCUT2D eigenvalue weighted by molar-refractivity contribution is 5.18. The Morgan fingerprint density at radius 2 is 2.00 bits per heavy atom. The minimum absolute atomic E-state index is 0.715. The molecule has 1 fully saturated rings. The van der Waals surface area contributed by atoms with Crippen LogP contribution in [0.3, 0.4) is 0 Å². The first-order valence-corrected chi connectivity index (χ1v) is 8.89. The Hall–Kier alpha value is -1.11. The predicted molar refractivity (Wildman–Crippen MR) is 91.6 cm³/mol. The number of aryl methyl sites for hydroxylation is 1. The highest BCUT2D eigenvalue weighted by Gasteiger charge is 2.22. The van der Waals surface area contributed by atoms with Gasteiger partial charge in [0.05, 0.1) is 0 Å². The standard InChI is InChI=1S/C20H31N/c1-3-5-7-9-18-12-15-20(21-16-18)19-13-10-17(11-14-19)8-6-4-2/h3,5,12,15-17,19H,4,6-11,13-14H2,1-2H3/b5-3+/t17-,19-. The van der Waals surface area contributed by atoms with E-state index in [1.165, 1.54) is 56.2 Å². The molecule has 0 saturated heterocycles. The zero-order valence-corrected chi connectivity index (χ0v) is 13.9. The van der Waals surface area contributed by atoms with Crippen LogP contribution in [0.5, 0.6) is 0 Å². The summed E-state index contributed by atoms with van der Waals surface area (Å²) < 4.78 is 0. The number of unbranched alkanes of at least 4 members (excludes halogenated alkanes) is 1. The maximum absolute atomic E-state index is 4.74. The van der Waals surface area contributed by atoms with Gasteiger partial charge < -0.3 is 0 Å². The van der Waals surface area contributed by atoms with Crippen molar-refractivity contribution in [1.82, 2.24) is 4.98 Å². The minimum atomic E-state index is 0.715. The van der Waals surface area contributed by atoms with Gasteiger partial charge in [-0.25, -0.2) is 0 Å². The van der Waals surface area contributed by atoms with Gasteiger partial charge in [0.1, 0.15) is 0 Å². The molecular formula is C20H31N. The normalized spacial score (nSPS) is 22.8. The lowest BCUT2D eigenvalue weighted by Crippen LogP contribution is -2.14. The van der Waals surface area contributed by atoms with E-state index in [0.29, 0.717) is 5.92 Å². The molecule has 0 bridgehead atoms. The first-order valence-electron chi connectivity index (χ1n) is 8.89. The van der Waals surface area contributed by atoms with Crippen molar-refractivity contribution in [3.63, 3.8) is 0 Å². The van der Waals surface area contributed by atoms with Crippen LogP contribution >= 0.6 is 0 Å². The molecule has 0 N–H and O–H groups in total. The number of nitrogens with zero attached hydrogens (tertiary/aromatic N) is 1. The highest BCUT2D eigenvalue weighted by Crippen LogP contribution is 2.36. The summed E-state index contributed by atoms with van der Waals surface area (Å²) in [5, 5.41) is 0. The number of hydrogen-bond donors (Lipinski definition) is 0. The van der Waals surface area contributed by atoms with E-state index in [9.17, 15) is 0 Å². The Morgan fingerprint density at radius 3 is 2.62 bits per heavy atom. The maximum atomic E-state index is 4.74. The van der Waals surface area contributed by atoms with E-state index in [1.54, 1.807) is 0 Å². The molecule has 2 rings (SSSR count). The van der Waals surface area contributed by atoms with Crippen molar-refractivity contribution in [1.29, 1.82) is 0 Å². The SMILES string of the molecule is C/C=C/CCc1ccc([C@H]2CC[C@H](CCCC)CC2)nc1. The fraction of sp³-hybridized carbons (Fsp3) is 0.650. The zero-order valence-electron chi connectivity index (χ0n) is 13.9. The average molecular weight is 285 g/mol. The molecule has 1 aromatic rings. The summed E-state index contributed by atoms with van der Waals surface area (Å²) in [6.45, 7) is 4.38. The van der Waals surface area contributed by atoms with E-state index in [1.807, 2.05) is 0 Å². The molecule has 0 spiro atoms. The van der Waals surface area contributed by atoms with Crippen LogP contribution in [0.1, 0.15) is 82.4 Å². The molecule has 1 heterocycles. The van der Waals surface area contributed by atoms with Crippen molar-refractivity contribution in [2.24, 2.45) is 5.92 Å². The largest absolute Gasteiger partial charge is 0.261 e. The van der Waals surface area contributed by atoms with Crippen molar-refractivity contribution in [2.75, 3.05) is 0 Å². The Kier molecular flexibility index (Phi) is 6.99. The van der Waals surface area contributed by atoms with Gasteiger partial charge in [-0.05, 0) is 63.0 Å². The lowest BCUT2D eigenvalue weighted by atomic mass is 9.78. The van der Waals surface area contributed by atoms with Crippen molar-refractivity contribution in [3.05, 3.63) is 41.7 Å². The van der Waals surface area contributed by atoms with E-state index < -0.39 is 0 Å². The molecular weight excluding hydrogens is 254 g/mol. The van der Waals surface area contributed by atoms with Crippen LogP contribution in [0.15, 0.2) is 30.5 Å². The van der Waals surface area contributed by atoms with Crippen LogP contribution in [0.2, 0.25) is 0 Å². The third-order valence-electron chi connectivity index (χ3n) is 4.91. The molecule has 0 radical (unpaired) electrons. The molecule has 1 nitrogen and oxygen atoms in total. The van der Waals surface area contributed by atoms with Gasteiger partial charge in [0.25, 0.3) is 0 Å². The fourth-order valence-electron chi connectivity index (χ4n) is 3.48. The van der Waals surface area contributed by atoms with Crippen molar-refractivity contribution >= 4 is 0 Å². The second-order valence-corrected chi connectivity index (χ2v) is 6.56. The van der Waals surface area contributed by atoms with E-state index in [0.717, 1.165) is 18.8 Å². The van der Waals surface area contributed by atoms with E-state index >= 15 is 0 Å². The molecule has 1 aliphatic rings. The number of hydrogen-bond acceptors (Lipinski definition) is 1. The Labute approximate surface area is 130 Å². The molecule has 116 valence electrons. The van der Waals surface area contributed by atoms with Crippen molar-refractivity contribution in [2.45, 2.75) is 77.6 Å². The second-order valence-electron chi connectivity index (χ2n) is 6.56. The Bertz CT molecular complexity index is 410. The van der Waals surface area contributed by atoms with Crippen LogP contribution in [0.25, 0.3) is 0 Å². The number of aromatic nitrogens is 1. The molecule has 21 heavy (non-hydrogen) atoms. The molecule has 1 heteroatoms. The third-order valence-corrected chi connectivity index (χ3v) is 4.91. The molecule has 1 saturated carbocycles. The quantitative estimate of drug-likeness (QED) is 0.555. The van der Waals surface area contributed by atoms with Gasteiger partial charge in [-0.2, -0.15) is 0 Å². The highest BCUT2D eigenvalue weighted by atomic mass is 14.7. The van der Waals surface area contributed by atoms with Gasteiger partial charge in [-0.15, -0.1) is 0 Å². The van der Waals surface area contributed by atoms with E-state index in [-0.39, 0.29) is 0 Å². The Balaban J connectivity index is 1.80. The number of rotatable bonds is 7. The fourth-order valence-corrected chi connectivity index (χ4v) is 3.48. The van der Waals surface area contributed by atoms with Crippen molar-refractivity contribution < 1.29 is 0 Å². The molecule has 0 aromatic carbocycles. The van der Waals surface area contributed by atoms with Crippen LogP contribution < -0.4 is 0 Å². The van der Waals surface area contributed by atoms with Gasteiger partial charge in [-0.1, -0.05) is 44.4 Å². The van der Waals surface area contributed by atoms with Crippen molar-refractivity contribution in [3.8, 4) is 0 Å². The molecule has 0 unspecified atom stereocenters. The molecule has 0 atom stereocenters. The summed E-state index contributed by atoms with van der Waals surface area (Å²) in [5.74, 6) is 1.70. The molecule has 1 aromatic heterocycles. The average Bonchev–Trinajstić information content (AvgIpc) is 2.54. The number of allylic oxidation sites excluding steroid dienone is 2. The molecule has 1 aliphatic carbocycles. The summed E-state index contributed by atoms with van der Waals surface area (Å²) in [5.41, 5.74) is 2.70. The van der Waals surface area contributed by atoms with Crippen LogP contribution in [-0.4, -0.2) is 4.98 Å². The van der Waals surface area contributed by atoms with Gasteiger partial charge in [0, 0.05) is 17.8 Å². The van der Waals surface area contributed by atoms with Crippen LogP contribution in [0.4, 0.5) is 0 Å². The van der Waals surface area contributed by atoms with Gasteiger partial charge in [-0.3, -0.25) is 4.98 Å². The van der Waals surface area contributed by atoms with Gasteiger partial charge in [0.15, 0.2) is 0 Å². The summed E-state index contributed by atoms with van der Waals surface area (Å²) >= 11 is 0. The maximum Gasteiger partial charge on any atom is 0.0434 e. The smallest absolute Gasteiger partial charge is 0.0434 e. The van der Waals surface area contributed by atoms with Gasteiger partial charge >= 0.3 is 0 Å². The first-order chi connectivity index (χ1) is 10.3. The summed E-state index contributed by atoms with van der Waals surface area (Å²) in [6.07, 6.45) is 18.4.